The molecule has 0 saturated heterocycles. The fourth-order valence-electron chi connectivity index (χ4n) is 2.79. The third kappa shape index (κ3) is 2.68. The van der Waals surface area contributed by atoms with E-state index in [4.69, 9.17) is 0 Å². The van der Waals surface area contributed by atoms with Gasteiger partial charge in [-0.2, -0.15) is 0 Å². The molecule has 1 aliphatic carbocycles. The van der Waals surface area contributed by atoms with Crippen LogP contribution in [-0.2, 0) is 0 Å². The summed E-state index contributed by atoms with van der Waals surface area (Å²) in [6, 6.07) is 0.643. The number of hydrogen-bond donors (Lipinski definition) is 1. The summed E-state index contributed by atoms with van der Waals surface area (Å²) < 4.78 is 2.38. The molecular formula is C13H24N4. The third-order valence-corrected chi connectivity index (χ3v) is 3.72. The van der Waals surface area contributed by atoms with Crippen LogP contribution < -0.4 is 5.32 Å². The van der Waals surface area contributed by atoms with Crippen LogP contribution in [0.2, 0.25) is 0 Å². The standard InChI is InChI=1S/C13H24N4/c1-4-14-9-10(2)13-16-15-11(3)17(13)12-7-5-6-8-12/h10,12,14H,4-9H2,1-3H3. The molecule has 1 aromatic rings. The zero-order chi connectivity index (χ0) is 12.3. The lowest BCUT2D eigenvalue weighted by molar-refractivity contribution is 0.464. The maximum absolute atomic E-state index is 4.39. The maximum Gasteiger partial charge on any atom is 0.137 e. The number of aromatic nitrogens is 3. The van der Waals surface area contributed by atoms with Crippen LogP contribution in [0.3, 0.4) is 0 Å². The topological polar surface area (TPSA) is 42.7 Å². The lowest BCUT2D eigenvalue weighted by Gasteiger charge is -2.19. The monoisotopic (exact) mass is 236 g/mol. The number of rotatable bonds is 5. The van der Waals surface area contributed by atoms with E-state index in [9.17, 15) is 0 Å². The van der Waals surface area contributed by atoms with E-state index in [0.717, 1.165) is 24.7 Å². The van der Waals surface area contributed by atoms with E-state index in [-0.39, 0.29) is 0 Å². The molecular weight excluding hydrogens is 212 g/mol. The number of nitrogens with zero attached hydrogens (tertiary/aromatic N) is 3. The van der Waals surface area contributed by atoms with Crippen molar-refractivity contribution in [3.05, 3.63) is 11.6 Å². The Kier molecular flexibility index (Phi) is 4.15. The van der Waals surface area contributed by atoms with Gasteiger partial charge < -0.3 is 9.88 Å². The van der Waals surface area contributed by atoms with Crippen molar-refractivity contribution in [1.29, 1.82) is 0 Å². The normalized spacial score (nSPS) is 18.8. The largest absolute Gasteiger partial charge is 0.316 e. The zero-order valence-electron chi connectivity index (χ0n) is 11.2. The Labute approximate surface area is 104 Å². The van der Waals surface area contributed by atoms with Crippen LogP contribution in [0.4, 0.5) is 0 Å². The van der Waals surface area contributed by atoms with Gasteiger partial charge in [-0.1, -0.05) is 26.7 Å². The van der Waals surface area contributed by atoms with Crippen LogP contribution in [0.1, 0.15) is 63.1 Å². The van der Waals surface area contributed by atoms with E-state index < -0.39 is 0 Å². The van der Waals surface area contributed by atoms with Gasteiger partial charge in [0, 0.05) is 18.5 Å². The van der Waals surface area contributed by atoms with Gasteiger partial charge in [0.1, 0.15) is 11.6 Å². The van der Waals surface area contributed by atoms with E-state index in [2.05, 4.69) is 40.9 Å². The van der Waals surface area contributed by atoms with Gasteiger partial charge in [0.25, 0.3) is 0 Å². The van der Waals surface area contributed by atoms with Crippen molar-refractivity contribution < 1.29 is 0 Å². The van der Waals surface area contributed by atoms with Crippen LogP contribution in [-0.4, -0.2) is 27.9 Å². The van der Waals surface area contributed by atoms with Crippen LogP contribution in [0.15, 0.2) is 0 Å². The van der Waals surface area contributed by atoms with Crippen molar-refractivity contribution in [1.82, 2.24) is 20.1 Å². The van der Waals surface area contributed by atoms with Gasteiger partial charge in [-0.3, -0.25) is 0 Å². The van der Waals surface area contributed by atoms with E-state index in [1.54, 1.807) is 0 Å². The average molecular weight is 236 g/mol. The van der Waals surface area contributed by atoms with E-state index in [0.29, 0.717) is 12.0 Å². The molecule has 1 aromatic heterocycles. The van der Waals surface area contributed by atoms with Gasteiger partial charge in [0.15, 0.2) is 0 Å². The average Bonchev–Trinajstić information content (AvgIpc) is 2.94. The molecule has 1 atom stereocenters. The SMILES string of the molecule is CCNCC(C)c1nnc(C)n1C1CCCC1. The molecule has 17 heavy (non-hydrogen) atoms. The lowest BCUT2D eigenvalue weighted by Crippen LogP contribution is -2.23. The number of hydrogen-bond acceptors (Lipinski definition) is 3. The Bertz CT molecular complexity index is 352. The fourth-order valence-corrected chi connectivity index (χ4v) is 2.79. The summed E-state index contributed by atoms with van der Waals surface area (Å²) >= 11 is 0. The van der Waals surface area contributed by atoms with Gasteiger partial charge >= 0.3 is 0 Å². The molecule has 0 aromatic carbocycles. The summed E-state index contributed by atoms with van der Waals surface area (Å²) in [5, 5.41) is 12.1. The molecule has 0 aliphatic heterocycles. The highest BCUT2D eigenvalue weighted by Gasteiger charge is 2.24. The molecule has 1 fully saturated rings. The first kappa shape index (κ1) is 12.6. The van der Waals surface area contributed by atoms with Crippen molar-refractivity contribution in [2.75, 3.05) is 13.1 Å². The molecule has 1 heterocycles. The lowest BCUT2D eigenvalue weighted by atomic mass is 10.1. The molecule has 1 saturated carbocycles. The summed E-state index contributed by atoms with van der Waals surface area (Å²) in [5.41, 5.74) is 0. The molecule has 4 nitrogen and oxygen atoms in total. The molecule has 96 valence electrons. The fraction of sp³-hybridized carbons (Fsp3) is 0.846. The predicted molar refractivity (Wildman–Crippen MR) is 69.2 cm³/mol. The summed E-state index contributed by atoms with van der Waals surface area (Å²) in [4.78, 5) is 0. The Morgan fingerprint density at radius 3 is 2.71 bits per heavy atom. The second-order valence-corrected chi connectivity index (χ2v) is 5.12. The van der Waals surface area contributed by atoms with Crippen LogP contribution in [0, 0.1) is 6.92 Å². The molecule has 0 amide bonds. The van der Waals surface area contributed by atoms with E-state index in [1.165, 1.54) is 25.7 Å². The highest BCUT2D eigenvalue weighted by Crippen LogP contribution is 2.32. The molecule has 0 spiro atoms. The predicted octanol–water partition coefficient (Wildman–Crippen LogP) is 2.41. The molecule has 2 rings (SSSR count). The Morgan fingerprint density at radius 1 is 1.35 bits per heavy atom. The van der Waals surface area contributed by atoms with Crippen LogP contribution in [0.5, 0.6) is 0 Å². The molecule has 0 bridgehead atoms. The van der Waals surface area contributed by atoms with Crippen LogP contribution in [0.25, 0.3) is 0 Å². The summed E-state index contributed by atoms with van der Waals surface area (Å²) in [7, 11) is 0. The summed E-state index contributed by atoms with van der Waals surface area (Å²) in [6.45, 7) is 8.45. The van der Waals surface area contributed by atoms with Gasteiger partial charge in [0.05, 0.1) is 0 Å². The third-order valence-electron chi connectivity index (χ3n) is 3.72. The number of nitrogens with one attached hydrogen (secondary N) is 1. The Balaban J connectivity index is 2.16. The molecule has 1 aliphatic rings. The first-order valence-electron chi connectivity index (χ1n) is 6.86. The molecule has 1 unspecified atom stereocenters. The second-order valence-electron chi connectivity index (χ2n) is 5.12. The second kappa shape index (κ2) is 5.63. The quantitative estimate of drug-likeness (QED) is 0.853. The first-order valence-corrected chi connectivity index (χ1v) is 6.86. The maximum atomic E-state index is 4.39. The first-order chi connectivity index (χ1) is 8.24. The molecule has 4 heteroatoms. The highest BCUT2D eigenvalue weighted by molar-refractivity contribution is 5.04. The van der Waals surface area contributed by atoms with Crippen molar-refractivity contribution in [3.63, 3.8) is 0 Å². The minimum Gasteiger partial charge on any atom is -0.316 e. The minimum atomic E-state index is 0.441. The number of likely N-dealkylation sites (N-methyl/N-ethyl adjacent to an activating group) is 1. The zero-order valence-corrected chi connectivity index (χ0v) is 11.2. The van der Waals surface area contributed by atoms with Gasteiger partial charge in [-0.05, 0) is 26.3 Å². The van der Waals surface area contributed by atoms with Gasteiger partial charge in [-0.25, -0.2) is 0 Å². The Hall–Kier alpha value is -0.900. The molecule has 1 N–H and O–H groups in total. The van der Waals surface area contributed by atoms with Crippen molar-refractivity contribution in [2.24, 2.45) is 0 Å². The van der Waals surface area contributed by atoms with E-state index in [1.807, 2.05) is 0 Å². The summed E-state index contributed by atoms with van der Waals surface area (Å²) in [5.74, 6) is 2.68. The smallest absolute Gasteiger partial charge is 0.137 e. The van der Waals surface area contributed by atoms with Crippen molar-refractivity contribution in [3.8, 4) is 0 Å². The summed E-state index contributed by atoms with van der Waals surface area (Å²) in [6.07, 6.45) is 5.28. The highest BCUT2D eigenvalue weighted by atomic mass is 15.3. The Morgan fingerprint density at radius 2 is 2.06 bits per heavy atom. The van der Waals surface area contributed by atoms with E-state index >= 15 is 0 Å². The minimum absolute atomic E-state index is 0.441. The van der Waals surface area contributed by atoms with Gasteiger partial charge in [0.2, 0.25) is 0 Å². The van der Waals surface area contributed by atoms with Gasteiger partial charge in [-0.15, -0.1) is 10.2 Å². The van der Waals surface area contributed by atoms with Crippen molar-refractivity contribution in [2.45, 2.75) is 58.4 Å². The number of aryl methyl sites for hydroxylation is 1. The van der Waals surface area contributed by atoms with Crippen LogP contribution >= 0.6 is 0 Å². The van der Waals surface area contributed by atoms with Crippen molar-refractivity contribution >= 4 is 0 Å². The molecule has 0 radical (unpaired) electrons.